The second-order valence-corrected chi connectivity index (χ2v) is 5.53. The van der Waals surface area contributed by atoms with Gasteiger partial charge < -0.3 is 4.98 Å². The fourth-order valence-corrected chi connectivity index (χ4v) is 2.68. The normalized spacial score (nSPS) is 10.2. The van der Waals surface area contributed by atoms with Crippen molar-refractivity contribution in [3.05, 3.63) is 86.2 Å². The molecule has 0 aliphatic carbocycles. The Morgan fingerprint density at radius 2 is 1.76 bits per heavy atom. The number of nitriles is 1. The number of pyridine rings is 1. The molecule has 25 heavy (non-hydrogen) atoms. The van der Waals surface area contributed by atoms with E-state index in [0.717, 1.165) is 11.1 Å². The lowest BCUT2D eigenvalue weighted by Gasteiger charge is -2.10. The monoisotopic (exact) mass is 331 g/mol. The number of H-pyrrole nitrogens is 1. The van der Waals surface area contributed by atoms with Crippen molar-refractivity contribution in [3.63, 3.8) is 0 Å². The van der Waals surface area contributed by atoms with E-state index >= 15 is 0 Å². The third-order valence-electron chi connectivity index (χ3n) is 3.97. The molecular weight excluding hydrogens is 318 g/mol. The smallest absolute Gasteiger partial charge is 0.269 e. The predicted molar refractivity (Wildman–Crippen MR) is 94.0 cm³/mol. The van der Waals surface area contributed by atoms with Crippen LogP contribution in [0.1, 0.15) is 11.1 Å². The van der Waals surface area contributed by atoms with Crippen molar-refractivity contribution < 1.29 is 4.92 Å². The lowest BCUT2D eigenvalue weighted by molar-refractivity contribution is -0.384. The van der Waals surface area contributed by atoms with Gasteiger partial charge in [-0.15, -0.1) is 0 Å². The van der Waals surface area contributed by atoms with Crippen LogP contribution in [0.25, 0.3) is 22.4 Å². The van der Waals surface area contributed by atoms with Crippen molar-refractivity contribution in [3.8, 4) is 28.5 Å². The number of benzene rings is 2. The fourth-order valence-electron chi connectivity index (χ4n) is 2.68. The van der Waals surface area contributed by atoms with E-state index in [9.17, 15) is 20.2 Å². The van der Waals surface area contributed by atoms with Gasteiger partial charge in [-0.05, 0) is 41.8 Å². The summed E-state index contributed by atoms with van der Waals surface area (Å²) in [6.45, 7) is 1.91. The van der Waals surface area contributed by atoms with E-state index in [-0.39, 0.29) is 11.3 Å². The zero-order chi connectivity index (χ0) is 18.0. The van der Waals surface area contributed by atoms with Crippen LogP contribution in [0.15, 0.2) is 59.4 Å². The maximum atomic E-state index is 12.3. The Hall–Kier alpha value is -3.72. The molecule has 0 unspecified atom stereocenters. The van der Waals surface area contributed by atoms with Crippen LogP contribution in [-0.2, 0) is 0 Å². The van der Waals surface area contributed by atoms with Crippen molar-refractivity contribution in [2.75, 3.05) is 0 Å². The van der Waals surface area contributed by atoms with Crippen molar-refractivity contribution in [2.45, 2.75) is 6.92 Å². The van der Waals surface area contributed by atoms with Gasteiger partial charge in [0.05, 0.1) is 4.92 Å². The molecule has 3 rings (SSSR count). The van der Waals surface area contributed by atoms with Gasteiger partial charge in [0.25, 0.3) is 11.2 Å². The Balaban J connectivity index is 2.21. The van der Waals surface area contributed by atoms with Gasteiger partial charge in [-0.1, -0.05) is 24.3 Å². The second kappa shape index (κ2) is 6.42. The van der Waals surface area contributed by atoms with Gasteiger partial charge in [-0.3, -0.25) is 14.9 Å². The number of nitro groups is 1. The summed E-state index contributed by atoms with van der Waals surface area (Å²) in [5.41, 5.74) is 2.93. The van der Waals surface area contributed by atoms with E-state index in [2.05, 4.69) is 4.98 Å². The van der Waals surface area contributed by atoms with E-state index in [4.69, 9.17) is 0 Å². The zero-order valence-corrected chi connectivity index (χ0v) is 13.3. The van der Waals surface area contributed by atoms with Crippen LogP contribution in [0.2, 0.25) is 0 Å². The first-order chi connectivity index (χ1) is 12.0. The molecule has 1 aromatic heterocycles. The third-order valence-corrected chi connectivity index (χ3v) is 3.97. The van der Waals surface area contributed by atoms with E-state index in [1.165, 1.54) is 12.1 Å². The van der Waals surface area contributed by atoms with Crippen molar-refractivity contribution in [2.24, 2.45) is 0 Å². The number of aromatic nitrogens is 1. The molecular formula is C19H13N3O3. The van der Waals surface area contributed by atoms with E-state index in [1.54, 1.807) is 18.2 Å². The topological polar surface area (TPSA) is 99.8 Å². The van der Waals surface area contributed by atoms with Crippen LogP contribution >= 0.6 is 0 Å². The molecule has 122 valence electrons. The van der Waals surface area contributed by atoms with Crippen LogP contribution in [0.4, 0.5) is 5.69 Å². The van der Waals surface area contributed by atoms with Crippen LogP contribution in [0.5, 0.6) is 0 Å². The van der Waals surface area contributed by atoms with E-state index < -0.39 is 10.5 Å². The Morgan fingerprint density at radius 3 is 2.36 bits per heavy atom. The Morgan fingerprint density at radius 1 is 1.08 bits per heavy atom. The van der Waals surface area contributed by atoms with Gasteiger partial charge in [-0.2, -0.15) is 5.26 Å². The van der Waals surface area contributed by atoms with Crippen LogP contribution in [0, 0.1) is 28.4 Å². The number of hydrogen-bond acceptors (Lipinski definition) is 4. The highest BCUT2D eigenvalue weighted by Crippen LogP contribution is 2.29. The summed E-state index contributed by atoms with van der Waals surface area (Å²) in [6.07, 6.45) is 0. The molecule has 6 nitrogen and oxygen atoms in total. The Kier molecular flexibility index (Phi) is 4.14. The van der Waals surface area contributed by atoms with Gasteiger partial charge in [0.2, 0.25) is 0 Å². The highest BCUT2D eigenvalue weighted by Gasteiger charge is 2.14. The molecule has 6 heteroatoms. The minimum absolute atomic E-state index is 0.0288. The summed E-state index contributed by atoms with van der Waals surface area (Å²) in [6, 6.07) is 17.1. The Bertz CT molecular complexity index is 1060. The molecule has 2 aromatic carbocycles. The molecule has 0 bridgehead atoms. The molecule has 3 aromatic rings. The lowest BCUT2D eigenvalue weighted by Crippen LogP contribution is -2.13. The molecule has 1 N–H and O–H groups in total. The summed E-state index contributed by atoms with van der Waals surface area (Å²) in [4.78, 5) is 25.3. The number of nitrogens with zero attached hydrogens (tertiary/aromatic N) is 2. The van der Waals surface area contributed by atoms with Gasteiger partial charge in [-0.25, -0.2) is 0 Å². The highest BCUT2D eigenvalue weighted by molar-refractivity contribution is 5.77. The summed E-state index contributed by atoms with van der Waals surface area (Å²) < 4.78 is 0. The highest BCUT2D eigenvalue weighted by atomic mass is 16.6. The zero-order valence-electron chi connectivity index (χ0n) is 13.3. The van der Waals surface area contributed by atoms with Gasteiger partial charge in [0.1, 0.15) is 11.6 Å². The fraction of sp³-hybridized carbons (Fsp3) is 0.0526. The van der Waals surface area contributed by atoms with E-state index in [0.29, 0.717) is 16.8 Å². The third kappa shape index (κ3) is 3.03. The molecule has 0 spiro atoms. The van der Waals surface area contributed by atoms with Crippen LogP contribution < -0.4 is 5.56 Å². The number of nitrogens with one attached hydrogen (secondary N) is 1. The first-order valence-corrected chi connectivity index (χ1v) is 7.49. The van der Waals surface area contributed by atoms with Crippen molar-refractivity contribution in [1.82, 2.24) is 4.98 Å². The largest absolute Gasteiger partial charge is 0.321 e. The minimum Gasteiger partial charge on any atom is -0.321 e. The van der Waals surface area contributed by atoms with Crippen molar-refractivity contribution in [1.29, 1.82) is 5.26 Å². The lowest BCUT2D eigenvalue weighted by atomic mass is 9.96. The quantitative estimate of drug-likeness (QED) is 0.583. The molecule has 0 atom stereocenters. The maximum Gasteiger partial charge on any atom is 0.269 e. The number of non-ortho nitro benzene ring substituents is 1. The number of aryl methyl sites for hydroxylation is 1. The predicted octanol–water partition coefficient (Wildman–Crippen LogP) is 3.80. The van der Waals surface area contributed by atoms with Gasteiger partial charge in [0.15, 0.2) is 0 Å². The van der Waals surface area contributed by atoms with Gasteiger partial charge >= 0.3 is 0 Å². The standard InChI is InChI=1S/C19H13N3O3/c1-12-4-2-3-5-15(12)16-10-18(21-19(23)17(16)11-20)13-6-8-14(9-7-13)22(24)25/h2-10H,1H3,(H,21,23). The molecule has 0 fully saturated rings. The Labute approximate surface area is 143 Å². The first-order valence-electron chi connectivity index (χ1n) is 7.49. The molecule has 0 saturated heterocycles. The van der Waals surface area contributed by atoms with Gasteiger partial charge in [0, 0.05) is 23.4 Å². The number of rotatable bonds is 3. The summed E-state index contributed by atoms with van der Waals surface area (Å²) in [7, 11) is 0. The molecule has 0 aliphatic heterocycles. The van der Waals surface area contributed by atoms with E-state index in [1.807, 2.05) is 37.3 Å². The molecule has 0 aliphatic rings. The summed E-state index contributed by atoms with van der Waals surface area (Å²) in [5.74, 6) is 0. The SMILES string of the molecule is Cc1ccccc1-c1cc(-c2ccc([N+](=O)[O-])cc2)[nH]c(=O)c1C#N. The summed E-state index contributed by atoms with van der Waals surface area (Å²) >= 11 is 0. The van der Waals surface area contributed by atoms with Crippen LogP contribution in [-0.4, -0.2) is 9.91 Å². The average Bonchev–Trinajstić information content (AvgIpc) is 2.61. The average molecular weight is 331 g/mol. The number of hydrogen-bond donors (Lipinski definition) is 1. The molecule has 0 radical (unpaired) electrons. The molecule has 1 heterocycles. The second-order valence-electron chi connectivity index (χ2n) is 5.53. The maximum absolute atomic E-state index is 12.3. The molecule has 0 amide bonds. The van der Waals surface area contributed by atoms with Crippen LogP contribution in [0.3, 0.4) is 0 Å². The molecule has 0 saturated carbocycles. The number of nitro benzene ring substituents is 1. The minimum atomic E-state index is -0.489. The summed E-state index contributed by atoms with van der Waals surface area (Å²) in [5, 5.41) is 20.1. The van der Waals surface area contributed by atoms with Crippen molar-refractivity contribution >= 4 is 5.69 Å². The first kappa shape index (κ1) is 16.1. The number of aromatic amines is 1.